The van der Waals surface area contributed by atoms with Crippen LogP contribution in [0.4, 0.5) is 0 Å². The number of esters is 1. The monoisotopic (exact) mass is 485 g/mol. The molecule has 0 unspecified atom stereocenters. The first-order valence-corrected chi connectivity index (χ1v) is 12.1. The third-order valence-electron chi connectivity index (χ3n) is 7.05. The minimum absolute atomic E-state index is 0.162. The zero-order valence-corrected chi connectivity index (χ0v) is 21.7. The third-order valence-corrected chi connectivity index (χ3v) is 7.05. The first-order chi connectivity index (χ1) is 15.7. The maximum absolute atomic E-state index is 13.2. The summed E-state index contributed by atoms with van der Waals surface area (Å²) in [6.07, 6.45) is -1.67. The Balaban J connectivity index is 2.40. The number of likely N-dealkylation sites (N-methyl/N-ethyl adjacent to an activating group) is 1. The predicted octanol–water partition coefficient (Wildman–Crippen LogP) is 1.28. The van der Waals surface area contributed by atoms with E-state index in [9.17, 15) is 24.9 Å². The lowest BCUT2D eigenvalue weighted by Crippen LogP contribution is -2.56. The molecule has 2 aliphatic heterocycles. The summed E-state index contributed by atoms with van der Waals surface area (Å²) in [6.45, 7) is 10.0. The van der Waals surface area contributed by atoms with Crippen molar-refractivity contribution in [1.29, 1.82) is 0 Å². The van der Waals surface area contributed by atoms with Gasteiger partial charge in [0.2, 0.25) is 0 Å². The summed E-state index contributed by atoms with van der Waals surface area (Å²) in [4.78, 5) is 27.8. The van der Waals surface area contributed by atoms with E-state index in [1.807, 2.05) is 32.8 Å². The third kappa shape index (κ3) is 6.86. The molecular formula is C25H43NO8. The van der Waals surface area contributed by atoms with Crippen LogP contribution in [0, 0.1) is 17.8 Å². The molecule has 9 nitrogen and oxygen atoms in total. The average Bonchev–Trinajstić information content (AvgIpc) is 2.73. The van der Waals surface area contributed by atoms with Gasteiger partial charge in [0, 0.05) is 12.0 Å². The molecule has 0 saturated carbocycles. The highest BCUT2D eigenvalue weighted by Gasteiger charge is 2.44. The molecule has 0 radical (unpaired) electrons. The molecule has 9 heteroatoms. The number of aliphatic hydroxyl groups excluding tert-OH is 2. The van der Waals surface area contributed by atoms with Gasteiger partial charge in [-0.05, 0) is 72.7 Å². The van der Waals surface area contributed by atoms with Crippen LogP contribution in [0.3, 0.4) is 0 Å². The summed E-state index contributed by atoms with van der Waals surface area (Å²) >= 11 is 0. The van der Waals surface area contributed by atoms with Gasteiger partial charge in [-0.15, -0.1) is 0 Å². The van der Waals surface area contributed by atoms with E-state index >= 15 is 0 Å². The van der Waals surface area contributed by atoms with Crippen LogP contribution in [-0.2, 0) is 23.8 Å². The summed E-state index contributed by atoms with van der Waals surface area (Å²) in [6, 6.07) is -0.182. The Morgan fingerprint density at radius 2 is 1.79 bits per heavy atom. The maximum Gasteiger partial charge on any atom is 0.311 e. The first kappa shape index (κ1) is 28.9. The van der Waals surface area contributed by atoms with E-state index in [0.717, 1.165) is 0 Å². The van der Waals surface area contributed by atoms with Crippen molar-refractivity contribution in [3.05, 3.63) is 12.2 Å². The molecule has 196 valence electrons. The molecule has 0 aromatic carbocycles. The highest BCUT2D eigenvalue weighted by molar-refractivity contribution is 5.91. The van der Waals surface area contributed by atoms with E-state index in [-0.39, 0.29) is 23.8 Å². The Morgan fingerprint density at radius 3 is 2.35 bits per heavy atom. The van der Waals surface area contributed by atoms with Crippen LogP contribution in [-0.4, -0.2) is 94.5 Å². The molecule has 2 aliphatic rings. The van der Waals surface area contributed by atoms with Gasteiger partial charge in [-0.2, -0.15) is 0 Å². The van der Waals surface area contributed by atoms with E-state index in [4.69, 9.17) is 14.2 Å². The van der Waals surface area contributed by atoms with Crippen LogP contribution < -0.4 is 0 Å². The molecular weight excluding hydrogens is 442 g/mol. The summed E-state index contributed by atoms with van der Waals surface area (Å²) in [5, 5.41) is 32.0. The van der Waals surface area contributed by atoms with E-state index in [1.54, 1.807) is 13.8 Å². The molecule has 0 amide bonds. The standard InChI is InChI=1S/C25H43NO8/c1-13-11-14(2)21(33-24-20(29)18(26(7)8)12-15(3)32-24)16(4)23(30)34-22(17(5)27)25(6,31)10-9-19(13)28/h9-10,13-18,20-22,24,27,29,31H,11-12H2,1-8H3/b10-9+/t13-,14+,15-,16-,17-,18+,20-,21+,22-,24+,25+/m1/s1. The number of hydrogen-bond donors (Lipinski definition) is 3. The summed E-state index contributed by atoms with van der Waals surface area (Å²) in [5.74, 6) is -2.32. The lowest BCUT2D eigenvalue weighted by molar-refractivity contribution is -0.279. The Bertz CT molecular complexity index is 736. The molecule has 1 saturated heterocycles. The lowest BCUT2D eigenvalue weighted by atomic mass is 9.83. The number of allylic oxidation sites excluding steroid dienone is 1. The van der Waals surface area contributed by atoms with Gasteiger partial charge < -0.3 is 34.4 Å². The van der Waals surface area contributed by atoms with Gasteiger partial charge in [0.05, 0.1) is 24.2 Å². The maximum atomic E-state index is 13.2. The number of carbonyl (C=O) groups excluding carboxylic acids is 2. The Morgan fingerprint density at radius 1 is 1.18 bits per heavy atom. The molecule has 11 atom stereocenters. The normalized spacial score (nSPS) is 44.6. The quantitative estimate of drug-likeness (QED) is 0.505. The fourth-order valence-electron chi connectivity index (χ4n) is 4.94. The fraction of sp³-hybridized carbons (Fsp3) is 0.840. The van der Waals surface area contributed by atoms with Crippen molar-refractivity contribution in [2.45, 2.75) is 103 Å². The Hall–Kier alpha value is -1.36. The Kier molecular flexibility index (Phi) is 9.84. The number of hydrogen-bond acceptors (Lipinski definition) is 9. The first-order valence-electron chi connectivity index (χ1n) is 12.1. The molecule has 2 rings (SSSR count). The second-order valence-electron chi connectivity index (χ2n) is 10.6. The number of ketones is 1. The molecule has 0 bridgehead atoms. The topological polar surface area (TPSA) is 126 Å². The number of cyclic esters (lactones) is 1. The number of ether oxygens (including phenoxy) is 3. The molecule has 0 aromatic rings. The molecule has 0 aromatic heterocycles. The number of nitrogens with zero attached hydrogens (tertiary/aromatic N) is 1. The minimum Gasteiger partial charge on any atom is -0.456 e. The van der Waals surface area contributed by atoms with E-state index in [2.05, 4.69) is 0 Å². The van der Waals surface area contributed by atoms with Crippen LogP contribution in [0.25, 0.3) is 0 Å². The van der Waals surface area contributed by atoms with Gasteiger partial charge in [-0.3, -0.25) is 9.59 Å². The minimum atomic E-state index is -1.75. The van der Waals surface area contributed by atoms with Gasteiger partial charge in [0.15, 0.2) is 18.2 Å². The van der Waals surface area contributed by atoms with Crippen molar-refractivity contribution >= 4 is 11.8 Å². The second-order valence-corrected chi connectivity index (χ2v) is 10.6. The van der Waals surface area contributed by atoms with Gasteiger partial charge in [-0.1, -0.05) is 13.8 Å². The van der Waals surface area contributed by atoms with Crippen LogP contribution >= 0.6 is 0 Å². The molecule has 0 aliphatic carbocycles. The van der Waals surface area contributed by atoms with Gasteiger partial charge in [-0.25, -0.2) is 0 Å². The summed E-state index contributed by atoms with van der Waals surface area (Å²) < 4.78 is 17.7. The van der Waals surface area contributed by atoms with Crippen molar-refractivity contribution in [3.8, 4) is 0 Å². The van der Waals surface area contributed by atoms with Crippen LogP contribution in [0.2, 0.25) is 0 Å². The molecule has 1 fully saturated rings. The van der Waals surface area contributed by atoms with Crippen molar-refractivity contribution in [1.82, 2.24) is 4.90 Å². The average molecular weight is 486 g/mol. The molecule has 34 heavy (non-hydrogen) atoms. The highest BCUT2D eigenvalue weighted by Crippen LogP contribution is 2.32. The van der Waals surface area contributed by atoms with Crippen LogP contribution in [0.15, 0.2) is 12.2 Å². The van der Waals surface area contributed by atoms with Gasteiger partial charge in [0.1, 0.15) is 11.7 Å². The molecule has 0 spiro atoms. The van der Waals surface area contributed by atoms with E-state index < -0.39 is 54.1 Å². The van der Waals surface area contributed by atoms with Crippen molar-refractivity contribution < 1.29 is 39.1 Å². The summed E-state index contributed by atoms with van der Waals surface area (Å²) in [7, 11) is 3.76. The van der Waals surface area contributed by atoms with Crippen molar-refractivity contribution in [2.75, 3.05) is 14.1 Å². The Labute approximate surface area is 203 Å². The zero-order valence-electron chi connectivity index (χ0n) is 21.7. The lowest BCUT2D eigenvalue weighted by Gasteiger charge is -2.43. The van der Waals surface area contributed by atoms with Crippen LogP contribution in [0.5, 0.6) is 0 Å². The number of rotatable bonds is 4. The van der Waals surface area contributed by atoms with Crippen molar-refractivity contribution in [3.63, 3.8) is 0 Å². The van der Waals surface area contributed by atoms with Gasteiger partial charge in [0.25, 0.3) is 0 Å². The molecule has 2 heterocycles. The highest BCUT2D eigenvalue weighted by atomic mass is 16.7. The van der Waals surface area contributed by atoms with E-state index in [0.29, 0.717) is 12.8 Å². The van der Waals surface area contributed by atoms with E-state index in [1.165, 1.54) is 26.0 Å². The number of carbonyl (C=O) groups is 2. The largest absolute Gasteiger partial charge is 0.456 e. The SMILES string of the molecule is C[C@@H]1C[C@H](N(C)C)[C@@H](O)[C@H](O[C@H]2[C@@H](C)C[C@@H](C)C(=O)/C=C/[C@](C)(O)[C@@H]([C@@H](C)O)OC(=O)[C@@H]2C)O1. The van der Waals surface area contributed by atoms with Crippen LogP contribution in [0.1, 0.15) is 54.4 Å². The van der Waals surface area contributed by atoms with Crippen molar-refractivity contribution in [2.24, 2.45) is 17.8 Å². The predicted molar refractivity (Wildman–Crippen MR) is 126 cm³/mol. The molecule has 3 N–H and O–H groups in total. The number of aliphatic hydroxyl groups is 3. The summed E-state index contributed by atoms with van der Waals surface area (Å²) in [5.41, 5.74) is -1.75. The van der Waals surface area contributed by atoms with Gasteiger partial charge >= 0.3 is 5.97 Å². The fourth-order valence-corrected chi connectivity index (χ4v) is 4.94. The smallest absolute Gasteiger partial charge is 0.311 e. The zero-order chi connectivity index (χ0) is 26.0. The second kappa shape index (κ2) is 11.6.